The molecule has 1 aliphatic rings. The minimum atomic E-state index is -0.161. The maximum atomic E-state index is 13.4. The van der Waals surface area contributed by atoms with E-state index in [1.54, 1.807) is 12.1 Å². The molecule has 5 rings (SSSR count). The first-order valence-corrected chi connectivity index (χ1v) is 10.9. The predicted octanol–water partition coefficient (Wildman–Crippen LogP) is 6.29. The molecule has 1 aromatic heterocycles. The molecule has 0 aliphatic carbocycles. The van der Waals surface area contributed by atoms with Gasteiger partial charge in [0.25, 0.3) is 0 Å². The minimum absolute atomic E-state index is 0. The summed E-state index contributed by atoms with van der Waals surface area (Å²) in [5, 5.41) is 1.15. The van der Waals surface area contributed by atoms with Crippen molar-refractivity contribution in [3.05, 3.63) is 95.5 Å². The first-order chi connectivity index (χ1) is 15.1. The van der Waals surface area contributed by atoms with Gasteiger partial charge in [0.2, 0.25) is 0 Å². The van der Waals surface area contributed by atoms with Gasteiger partial charge in [-0.2, -0.15) is 0 Å². The molecule has 3 aromatic carbocycles. The summed E-state index contributed by atoms with van der Waals surface area (Å²) in [7, 11) is 0. The highest BCUT2D eigenvalue weighted by Crippen LogP contribution is 2.27. The molecule has 0 radical (unpaired) electrons. The van der Waals surface area contributed by atoms with Gasteiger partial charge in [-0.1, -0.05) is 48.0 Å². The fraction of sp³-hybridized carbons (Fsp3) is 0.259. The molecule has 3 nitrogen and oxygen atoms in total. The Morgan fingerprint density at radius 1 is 0.781 bits per heavy atom. The van der Waals surface area contributed by atoms with Crippen LogP contribution in [0.4, 0.5) is 4.39 Å². The number of hydrogen-bond donors (Lipinski definition) is 0. The second-order valence-electron chi connectivity index (χ2n) is 8.51. The molecule has 1 aliphatic heterocycles. The maximum Gasteiger partial charge on any atom is 0.134 e. The highest BCUT2D eigenvalue weighted by Gasteiger charge is 2.18. The number of piperazine rings is 1. The lowest BCUT2D eigenvalue weighted by Crippen LogP contribution is -2.45. The molecule has 2 heterocycles. The van der Waals surface area contributed by atoms with Gasteiger partial charge in [-0.05, 0) is 53.9 Å². The van der Waals surface area contributed by atoms with Crippen molar-refractivity contribution in [1.82, 2.24) is 9.80 Å². The molecule has 0 N–H and O–H groups in total. The Kier molecular flexibility index (Phi) is 6.95. The van der Waals surface area contributed by atoms with Crippen LogP contribution in [0.3, 0.4) is 0 Å². The largest absolute Gasteiger partial charge is 0.460 e. The molecule has 0 spiro atoms. The number of fused-ring (bicyclic) bond motifs is 1. The standard InChI is InChI=1S/C27H27FN2O.ClH/c1-20-5-7-22(8-6-20)23-9-10-27-24(16-23)17-26(31-27)19-30-13-11-29(12-14-30)18-21-3-2-4-25(28)15-21;/h2-10,15-17H,11-14,18-19H2,1H3;1H. The summed E-state index contributed by atoms with van der Waals surface area (Å²) in [6.07, 6.45) is 0. The van der Waals surface area contributed by atoms with Crippen LogP contribution in [-0.2, 0) is 13.1 Å². The summed E-state index contributed by atoms with van der Waals surface area (Å²) in [6, 6.07) is 24.1. The average Bonchev–Trinajstić information content (AvgIpc) is 3.17. The second-order valence-corrected chi connectivity index (χ2v) is 8.51. The first kappa shape index (κ1) is 22.5. The summed E-state index contributed by atoms with van der Waals surface area (Å²) >= 11 is 0. The summed E-state index contributed by atoms with van der Waals surface area (Å²) in [4.78, 5) is 4.82. The molecular formula is C27H28ClFN2O. The van der Waals surface area contributed by atoms with Crippen LogP contribution in [0.1, 0.15) is 16.9 Å². The van der Waals surface area contributed by atoms with Crippen LogP contribution in [0, 0.1) is 12.7 Å². The van der Waals surface area contributed by atoms with E-state index in [4.69, 9.17) is 4.42 Å². The number of hydrogen-bond acceptors (Lipinski definition) is 3. The van der Waals surface area contributed by atoms with E-state index in [9.17, 15) is 4.39 Å². The van der Waals surface area contributed by atoms with Crippen LogP contribution < -0.4 is 0 Å². The molecule has 0 amide bonds. The SMILES string of the molecule is Cc1ccc(-c2ccc3oc(CN4CCN(Cc5cccc(F)c5)CC4)cc3c2)cc1.Cl. The van der Waals surface area contributed by atoms with E-state index in [-0.39, 0.29) is 18.2 Å². The van der Waals surface area contributed by atoms with Crippen LogP contribution in [0.2, 0.25) is 0 Å². The zero-order chi connectivity index (χ0) is 21.2. The van der Waals surface area contributed by atoms with Gasteiger partial charge in [0.1, 0.15) is 17.2 Å². The Labute approximate surface area is 194 Å². The Morgan fingerprint density at radius 3 is 2.19 bits per heavy atom. The van der Waals surface area contributed by atoms with E-state index >= 15 is 0 Å². The lowest BCUT2D eigenvalue weighted by molar-refractivity contribution is 0.116. The third kappa shape index (κ3) is 5.21. The van der Waals surface area contributed by atoms with Crippen molar-refractivity contribution in [3.8, 4) is 11.1 Å². The molecule has 0 atom stereocenters. The zero-order valence-corrected chi connectivity index (χ0v) is 19.1. The van der Waals surface area contributed by atoms with E-state index in [1.165, 1.54) is 22.8 Å². The Bertz CT molecular complexity index is 1180. The second kappa shape index (κ2) is 9.86. The highest BCUT2D eigenvalue weighted by molar-refractivity contribution is 5.85. The van der Waals surface area contributed by atoms with Crippen molar-refractivity contribution >= 4 is 23.4 Å². The summed E-state index contributed by atoms with van der Waals surface area (Å²) in [5.74, 6) is 0.848. The molecule has 32 heavy (non-hydrogen) atoms. The van der Waals surface area contributed by atoms with Gasteiger partial charge in [0, 0.05) is 38.1 Å². The third-order valence-electron chi connectivity index (χ3n) is 6.09. The van der Waals surface area contributed by atoms with Gasteiger partial charge in [0.15, 0.2) is 0 Å². The van der Waals surface area contributed by atoms with Crippen molar-refractivity contribution in [1.29, 1.82) is 0 Å². The van der Waals surface area contributed by atoms with Crippen molar-refractivity contribution in [3.63, 3.8) is 0 Å². The van der Waals surface area contributed by atoms with Crippen molar-refractivity contribution in [2.24, 2.45) is 0 Å². The van der Waals surface area contributed by atoms with Crippen LogP contribution >= 0.6 is 12.4 Å². The summed E-state index contributed by atoms with van der Waals surface area (Å²) in [6.45, 7) is 7.67. The third-order valence-corrected chi connectivity index (χ3v) is 6.09. The van der Waals surface area contributed by atoms with E-state index in [0.717, 1.165) is 61.6 Å². The van der Waals surface area contributed by atoms with E-state index in [0.29, 0.717) is 0 Å². The van der Waals surface area contributed by atoms with Gasteiger partial charge in [-0.25, -0.2) is 4.39 Å². The van der Waals surface area contributed by atoms with Crippen molar-refractivity contribution in [2.75, 3.05) is 26.2 Å². The quantitative estimate of drug-likeness (QED) is 0.356. The summed E-state index contributed by atoms with van der Waals surface area (Å²) < 4.78 is 19.5. The lowest BCUT2D eigenvalue weighted by Gasteiger charge is -2.34. The Morgan fingerprint density at radius 2 is 1.47 bits per heavy atom. The minimum Gasteiger partial charge on any atom is -0.460 e. The predicted molar refractivity (Wildman–Crippen MR) is 131 cm³/mol. The maximum absolute atomic E-state index is 13.4. The van der Waals surface area contributed by atoms with Crippen LogP contribution in [0.15, 0.2) is 77.2 Å². The smallest absolute Gasteiger partial charge is 0.134 e. The Balaban J connectivity index is 0.00000245. The fourth-order valence-corrected chi connectivity index (χ4v) is 4.32. The molecule has 1 saturated heterocycles. The summed E-state index contributed by atoms with van der Waals surface area (Å²) in [5.41, 5.74) is 5.69. The zero-order valence-electron chi connectivity index (χ0n) is 18.3. The first-order valence-electron chi connectivity index (χ1n) is 10.9. The Hall–Kier alpha value is -2.66. The molecule has 5 heteroatoms. The van der Waals surface area contributed by atoms with E-state index in [2.05, 4.69) is 65.3 Å². The van der Waals surface area contributed by atoms with Gasteiger partial charge in [0.05, 0.1) is 6.54 Å². The monoisotopic (exact) mass is 450 g/mol. The van der Waals surface area contributed by atoms with E-state index in [1.807, 2.05) is 6.07 Å². The molecular weight excluding hydrogens is 423 g/mol. The molecule has 1 fully saturated rings. The molecule has 0 saturated carbocycles. The average molecular weight is 451 g/mol. The molecule has 0 unspecified atom stereocenters. The van der Waals surface area contributed by atoms with Crippen LogP contribution in [0.5, 0.6) is 0 Å². The van der Waals surface area contributed by atoms with Crippen molar-refractivity contribution in [2.45, 2.75) is 20.0 Å². The number of benzene rings is 3. The molecule has 4 aromatic rings. The van der Waals surface area contributed by atoms with Gasteiger partial charge >= 0.3 is 0 Å². The topological polar surface area (TPSA) is 19.6 Å². The fourth-order valence-electron chi connectivity index (χ4n) is 4.32. The van der Waals surface area contributed by atoms with Crippen LogP contribution in [0.25, 0.3) is 22.1 Å². The van der Waals surface area contributed by atoms with Gasteiger partial charge in [-0.15, -0.1) is 12.4 Å². The lowest BCUT2D eigenvalue weighted by atomic mass is 10.0. The molecule has 166 valence electrons. The number of halogens is 2. The van der Waals surface area contributed by atoms with Gasteiger partial charge < -0.3 is 4.42 Å². The highest BCUT2D eigenvalue weighted by atomic mass is 35.5. The van der Waals surface area contributed by atoms with Gasteiger partial charge in [-0.3, -0.25) is 9.80 Å². The van der Waals surface area contributed by atoms with E-state index < -0.39 is 0 Å². The van der Waals surface area contributed by atoms with Crippen molar-refractivity contribution < 1.29 is 8.81 Å². The molecule has 0 bridgehead atoms. The number of aryl methyl sites for hydroxylation is 1. The van der Waals surface area contributed by atoms with Crippen LogP contribution in [-0.4, -0.2) is 36.0 Å². The number of furan rings is 1. The number of rotatable bonds is 5. The number of nitrogens with zero attached hydrogens (tertiary/aromatic N) is 2. The normalized spacial score (nSPS) is 15.1.